The van der Waals surface area contributed by atoms with Crippen LogP contribution in [-0.2, 0) is 11.3 Å². The number of methoxy groups -OCH3 is 2. The predicted molar refractivity (Wildman–Crippen MR) is 94.3 cm³/mol. The topological polar surface area (TPSA) is 55.8 Å². The van der Waals surface area contributed by atoms with E-state index in [2.05, 4.69) is 20.7 Å². The fourth-order valence-electron chi connectivity index (χ4n) is 2.21. The van der Waals surface area contributed by atoms with Crippen molar-refractivity contribution >= 4 is 27.8 Å². The van der Waals surface area contributed by atoms with E-state index in [4.69, 9.17) is 4.74 Å². The van der Waals surface area contributed by atoms with Gasteiger partial charge in [-0.05, 0) is 51.8 Å². The fraction of sp³-hybridized carbons (Fsp3) is 0.222. The summed E-state index contributed by atoms with van der Waals surface area (Å²) in [6.07, 6.45) is 0. The molecule has 0 aliphatic carbocycles. The quantitative estimate of drug-likeness (QED) is 0.731. The standard InChI is InChI=1S/C18H18BrNO4/c1-20(11-12-4-6-13(7-5-12)18(22)24-3)17(21)15-10-14(23-2)8-9-16(15)19/h4-10H,11H2,1-3H3. The maximum atomic E-state index is 12.6. The van der Waals surface area contributed by atoms with Crippen LogP contribution in [0.1, 0.15) is 26.3 Å². The molecule has 2 rings (SSSR count). The zero-order valence-electron chi connectivity index (χ0n) is 13.7. The normalized spacial score (nSPS) is 10.2. The largest absolute Gasteiger partial charge is 0.497 e. The molecule has 0 atom stereocenters. The number of carbonyl (C=O) groups is 2. The van der Waals surface area contributed by atoms with E-state index in [9.17, 15) is 9.59 Å². The van der Waals surface area contributed by atoms with Crippen LogP contribution in [0.15, 0.2) is 46.9 Å². The molecule has 0 bridgehead atoms. The molecular formula is C18H18BrNO4. The second-order valence-electron chi connectivity index (χ2n) is 5.20. The summed E-state index contributed by atoms with van der Waals surface area (Å²) in [6.45, 7) is 0.421. The molecule has 0 saturated heterocycles. The van der Waals surface area contributed by atoms with Gasteiger partial charge in [0.2, 0.25) is 0 Å². The van der Waals surface area contributed by atoms with Crippen molar-refractivity contribution in [1.29, 1.82) is 0 Å². The van der Waals surface area contributed by atoms with Crippen molar-refractivity contribution in [3.05, 3.63) is 63.6 Å². The van der Waals surface area contributed by atoms with Gasteiger partial charge < -0.3 is 14.4 Å². The molecule has 6 heteroatoms. The van der Waals surface area contributed by atoms with Crippen molar-refractivity contribution < 1.29 is 19.1 Å². The maximum Gasteiger partial charge on any atom is 0.337 e. The Morgan fingerprint density at radius 1 is 1.08 bits per heavy atom. The van der Waals surface area contributed by atoms with Crippen LogP contribution in [0.3, 0.4) is 0 Å². The number of rotatable bonds is 5. The summed E-state index contributed by atoms with van der Waals surface area (Å²) in [4.78, 5) is 25.7. The van der Waals surface area contributed by atoms with Gasteiger partial charge in [-0.25, -0.2) is 4.79 Å². The minimum Gasteiger partial charge on any atom is -0.497 e. The first kappa shape index (κ1) is 18.0. The second kappa shape index (κ2) is 7.97. The van der Waals surface area contributed by atoms with E-state index < -0.39 is 0 Å². The zero-order chi connectivity index (χ0) is 17.7. The van der Waals surface area contributed by atoms with E-state index in [0.29, 0.717) is 27.9 Å². The Balaban J connectivity index is 2.13. The Morgan fingerprint density at radius 2 is 1.75 bits per heavy atom. The molecule has 0 aliphatic heterocycles. The summed E-state index contributed by atoms with van der Waals surface area (Å²) in [6, 6.07) is 12.2. The third kappa shape index (κ3) is 4.14. The first-order valence-corrected chi connectivity index (χ1v) is 8.01. The zero-order valence-corrected chi connectivity index (χ0v) is 15.3. The van der Waals surface area contributed by atoms with Crippen LogP contribution >= 0.6 is 15.9 Å². The van der Waals surface area contributed by atoms with Crippen molar-refractivity contribution in [3.8, 4) is 5.75 Å². The Bertz CT molecular complexity index is 743. The van der Waals surface area contributed by atoms with Gasteiger partial charge in [0.25, 0.3) is 5.91 Å². The van der Waals surface area contributed by atoms with Gasteiger partial charge >= 0.3 is 5.97 Å². The molecule has 0 aliphatic rings. The lowest BCUT2D eigenvalue weighted by Gasteiger charge is -2.18. The van der Waals surface area contributed by atoms with E-state index in [1.165, 1.54) is 7.11 Å². The number of esters is 1. The average molecular weight is 392 g/mol. The number of hydrogen-bond acceptors (Lipinski definition) is 4. The van der Waals surface area contributed by atoms with E-state index in [1.807, 2.05) is 0 Å². The van der Waals surface area contributed by atoms with Gasteiger partial charge in [-0.1, -0.05) is 12.1 Å². The van der Waals surface area contributed by atoms with Gasteiger partial charge in [0.15, 0.2) is 0 Å². The Hall–Kier alpha value is -2.34. The summed E-state index contributed by atoms with van der Waals surface area (Å²) in [5.41, 5.74) is 1.92. The highest BCUT2D eigenvalue weighted by molar-refractivity contribution is 9.10. The molecule has 24 heavy (non-hydrogen) atoms. The highest BCUT2D eigenvalue weighted by atomic mass is 79.9. The van der Waals surface area contributed by atoms with Gasteiger partial charge in [0.1, 0.15) is 5.75 Å². The smallest absolute Gasteiger partial charge is 0.337 e. The van der Waals surface area contributed by atoms with Gasteiger partial charge in [-0.3, -0.25) is 4.79 Å². The monoisotopic (exact) mass is 391 g/mol. The summed E-state index contributed by atoms with van der Waals surface area (Å²) in [5.74, 6) is 0.112. The van der Waals surface area contributed by atoms with Crippen molar-refractivity contribution in [2.75, 3.05) is 21.3 Å². The summed E-state index contributed by atoms with van der Waals surface area (Å²) < 4.78 is 10.5. The van der Waals surface area contributed by atoms with Crippen LogP contribution < -0.4 is 4.74 Å². The molecule has 0 spiro atoms. The van der Waals surface area contributed by atoms with Crippen LogP contribution in [0.25, 0.3) is 0 Å². The van der Waals surface area contributed by atoms with Crippen molar-refractivity contribution in [2.45, 2.75) is 6.54 Å². The summed E-state index contributed by atoms with van der Waals surface area (Å²) in [7, 11) is 4.63. The molecule has 0 unspecified atom stereocenters. The molecular weight excluding hydrogens is 374 g/mol. The van der Waals surface area contributed by atoms with Gasteiger partial charge in [-0.2, -0.15) is 0 Å². The molecule has 0 saturated carbocycles. The van der Waals surface area contributed by atoms with E-state index in [-0.39, 0.29) is 11.9 Å². The Morgan fingerprint density at radius 3 is 2.33 bits per heavy atom. The van der Waals surface area contributed by atoms with Gasteiger partial charge in [-0.15, -0.1) is 0 Å². The number of nitrogens with zero attached hydrogens (tertiary/aromatic N) is 1. The number of amides is 1. The molecule has 1 amide bonds. The van der Waals surface area contributed by atoms with Crippen LogP contribution in [0.2, 0.25) is 0 Å². The first-order valence-electron chi connectivity index (χ1n) is 7.22. The van der Waals surface area contributed by atoms with Crippen LogP contribution in [-0.4, -0.2) is 38.0 Å². The lowest BCUT2D eigenvalue weighted by Crippen LogP contribution is -2.26. The van der Waals surface area contributed by atoms with Crippen LogP contribution in [0, 0.1) is 0 Å². The molecule has 0 N–H and O–H groups in total. The first-order chi connectivity index (χ1) is 11.5. The number of benzene rings is 2. The third-order valence-corrected chi connectivity index (χ3v) is 4.24. The average Bonchev–Trinajstić information content (AvgIpc) is 2.61. The highest BCUT2D eigenvalue weighted by Gasteiger charge is 2.16. The Labute approximate surface area is 149 Å². The molecule has 5 nitrogen and oxygen atoms in total. The lowest BCUT2D eigenvalue weighted by molar-refractivity contribution is 0.0600. The minimum absolute atomic E-state index is 0.127. The number of halogens is 1. The number of hydrogen-bond donors (Lipinski definition) is 0. The van der Waals surface area contributed by atoms with Crippen LogP contribution in [0.5, 0.6) is 5.75 Å². The molecule has 0 aromatic heterocycles. The molecule has 2 aromatic rings. The second-order valence-corrected chi connectivity index (χ2v) is 6.05. The fourth-order valence-corrected chi connectivity index (χ4v) is 2.63. The highest BCUT2D eigenvalue weighted by Crippen LogP contribution is 2.24. The molecule has 0 radical (unpaired) electrons. The number of ether oxygens (including phenoxy) is 2. The van der Waals surface area contributed by atoms with Crippen molar-refractivity contribution in [2.24, 2.45) is 0 Å². The van der Waals surface area contributed by atoms with Gasteiger partial charge in [0, 0.05) is 18.1 Å². The number of carbonyl (C=O) groups excluding carboxylic acids is 2. The van der Waals surface area contributed by atoms with E-state index in [0.717, 1.165) is 5.56 Å². The molecule has 0 fully saturated rings. The van der Waals surface area contributed by atoms with E-state index >= 15 is 0 Å². The lowest BCUT2D eigenvalue weighted by atomic mass is 10.1. The predicted octanol–water partition coefficient (Wildman–Crippen LogP) is 3.52. The molecule has 126 valence electrons. The van der Waals surface area contributed by atoms with Crippen LogP contribution in [0.4, 0.5) is 0 Å². The SMILES string of the molecule is COC(=O)c1ccc(CN(C)C(=O)c2cc(OC)ccc2Br)cc1. The molecule has 0 heterocycles. The van der Waals surface area contributed by atoms with E-state index in [1.54, 1.807) is 61.5 Å². The maximum absolute atomic E-state index is 12.6. The molecule has 2 aromatic carbocycles. The van der Waals surface area contributed by atoms with Crippen molar-refractivity contribution in [1.82, 2.24) is 4.90 Å². The summed E-state index contributed by atoms with van der Waals surface area (Å²) >= 11 is 3.39. The minimum atomic E-state index is -0.383. The summed E-state index contributed by atoms with van der Waals surface area (Å²) in [5, 5.41) is 0. The Kier molecular flexibility index (Phi) is 5.98. The van der Waals surface area contributed by atoms with Crippen molar-refractivity contribution in [3.63, 3.8) is 0 Å². The van der Waals surface area contributed by atoms with Gasteiger partial charge in [0.05, 0.1) is 25.3 Å². The third-order valence-electron chi connectivity index (χ3n) is 3.55.